The molecule has 386 valence electrons. The molecule has 0 radical (unpaired) electrons. The molecular weight excluding hydrogens is 1020 g/mol. The van der Waals surface area contributed by atoms with Crippen LogP contribution >= 0.6 is 22.7 Å². The van der Waals surface area contributed by atoms with Gasteiger partial charge in [0.05, 0.1) is 18.9 Å². The van der Waals surface area contributed by atoms with Gasteiger partial charge in [-0.05, 0) is 187 Å². The maximum Gasteiger partial charge on any atom is 1.00 e. The van der Waals surface area contributed by atoms with Gasteiger partial charge >= 0.3 is 103 Å². The van der Waals surface area contributed by atoms with E-state index in [0.717, 1.165) is 62.2 Å². The predicted octanol–water partition coefficient (Wildman–Crippen LogP) is 3.16. The number of fused-ring (bicyclic) bond motifs is 2. The quantitative estimate of drug-likeness (QED) is 0.0622. The minimum Gasteiger partial charge on any atom is -1.00 e. The van der Waals surface area contributed by atoms with Gasteiger partial charge < -0.3 is 32.4 Å². The second kappa shape index (κ2) is 32.9. The van der Waals surface area contributed by atoms with Gasteiger partial charge in [-0.15, -0.1) is 22.7 Å². The van der Waals surface area contributed by atoms with Crippen molar-refractivity contribution < 1.29 is 141 Å². The van der Waals surface area contributed by atoms with Gasteiger partial charge in [-0.2, -0.15) is 13.7 Å². The average Bonchev–Trinajstić information content (AvgIpc) is 4.23. The summed E-state index contributed by atoms with van der Waals surface area (Å²) in [7, 11) is -3.39. The van der Waals surface area contributed by atoms with Crippen molar-refractivity contribution in [2.75, 3.05) is 45.6 Å². The van der Waals surface area contributed by atoms with Crippen molar-refractivity contribution in [2.24, 2.45) is 35.5 Å². The molecule has 2 aliphatic heterocycles. The number of nitrogens with zero attached hydrogens (tertiary/aromatic N) is 2. The molecular formula is C54H77K2N5O8S3. The molecule has 0 bridgehead atoms. The first-order valence-electron chi connectivity index (χ1n) is 25.7. The fraction of sp³-hybridized carbons (Fsp3) is 0.630. The van der Waals surface area contributed by atoms with Crippen LogP contribution in [-0.2, 0) is 33.6 Å². The molecule has 6 aliphatic rings. The van der Waals surface area contributed by atoms with E-state index in [1.165, 1.54) is 117 Å². The summed E-state index contributed by atoms with van der Waals surface area (Å²) in [6, 6.07) is 24.7. The van der Waals surface area contributed by atoms with Gasteiger partial charge in [-0.25, -0.2) is 0 Å². The number of amides is 2. The zero-order valence-corrected chi connectivity index (χ0v) is 52.3. The second-order valence-electron chi connectivity index (χ2n) is 20.5. The van der Waals surface area contributed by atoms with Crippen LogP contribution in [0.25, 0.3) is 20.2 Å². The van der Waals surface area contributed by atoms with E-state index in [4.69, 9.17) is 19.5 Å². The first kappa shape index (κ1) is 63.9. The molecule has 13 nitrogen and oxygen atoms in total. The molecule has 72 heavy (non-hydrogen) atoms. The van der Waals surface area contributed by atoms with Gasteiger partial charge in [0, 0.05) is 56.5 Å². The molecule has 4 heterocycles. The van der Waals surface area contributed by atoms with Gasteiger partial charge in [0.2, 0.25) is 11.8 Å². The molecule has 2 amide bonds. The van der Waals surface area contributed by atoms with Crippen LogP contribution in [-0.4, -0.2) is 89.3 Å². The maximum absolute atomic E-state index is 12.6. The Hall–Kier alpha value is -0.677. The summed E-state index contributed by atoms with van der Waals surface area (Å²) in [5.41, 5.74) is 0. The van der Waals surface area contributed by atoms with Crippen molar-refractivity contribution in [3.05, 3.63) is 70.4 Å². The molecule has 2 saturated heterocycles. The number of likely N-dealkylation sites (tertiary alicyclic amines) is 1. The molecule has 3 N–H and O–H groups in total. The molecule has 4 aromatic rings. The predicted molar refractivity (Wildman–Crippen MR) is 280 cm³/mol. The Morgan fingerprint density at radius 3 is 1.61 bits per heavy atom. The van der Waals surface area contributed by atoms with Gasteiger partial charge in [-0.3, -0.25) is 18.6 Å². The SMILES string of the molecule is CC#N.CC1CCC(NC(=O)C2C[C@H]2COS(C)(=O)=O)CC1.CC1CCC(NC(=O)[C@@H]2C[C@H]2CN2CCC(c3cc4ccccc4s3)CC2)CC1.O=CO[O-].[H-].[K+].[K+].c1ccc2sc(C3CCNCC3)cc2c1. The zero-order chi connectivity index (χ0) is 50.0. The summed E-state index contributed by atoms with van der Waals surface area (Å²) in [6.07, 6.45) is 17.4. The van der Waals surface area contributed by atoms with Gasteiger partial charge in [0.25, 0.3) is 16.6 Å². The molecule has 0 spiro atoms. The smallest absolute Gasteiger partial charge is 1.00 e. The van der Waals surface area contributed by atoms with Crippen LogP contribution in [0.15, 0.2) is 60.7 Å². The number of nitrogens with one attached hydrogen (secondary N) is 3. The standard InChI is InChI=1S/C25H34N2OS.C13H23NO4S.C13H15NS.C2H3N.CH2O3.2K.H/c1-17-6-8-21(9-7-17)26-25(28)22-14-20(22)16-27-12-10-18(11-13-27)24-15-19-4-2-3-5-23(19)29-24;1-9-3-5-11(6-4-9)14-13(15)12-7-10(12)8-18-19(2,16)17;1-2-4-12-11(3-1)9-13(15-12)10-5-7-14-8-6-10;1-2-3;2-1-4-3;;;/h2-5,15,17-18,20-22H,6-14,16H2,1H3,(H,26,28);9-12H,3-8H2,1-2H3,(H,14,15);1-4,9-10,14H,5-8H2;1H3;1,3H;;;/q;;;;;2*+1;-1/p-1/t17?,20-,21?,22+;9?,10-,11?,12?;;;;;;/m00....../s1. The maximum atomic E-state index is 12.6. The molecule has 4 aliphatic carbocycles. The van der Waals surface area contributed by atoms with Crippen molar-refractivity contribution in [3.63, 3.8) is 0 Å². The number of nitriles is 1. The molecule has 6 fully saturated rings. The third kappa shape index (κ3) is 21.6. The summed E-state index contributed by atoms with van der Waals surface area (Å²) in [6.45, 7) is 11.8. The van der Waals surface area contributed by atoms with Crippen LogP contribution in [0.5, 0.6) is 0 Å². The van der Waals surface area contributed by atoms with E-state index in [1.807, 2.05) is 22.7 Å². The minimum absolute atomic E-state index is 0. The Labute approximate surface area is 523 Å². The van der Waals surface area contributed by atoms with Gasteiger partial charge in [0.15, 0.2) is 0 Å². The summed E-state index contributed by atoms with van der Waals surface area (Å²) in [5, 5.41) is 28.4. The van der Waals surface area contributed by atoms with Gasteiger partial charge in [0.1, 0.15) is 0 Å². The van der Waals surface area contributed by atoms with Crippen molar-refractivity contribution in [2.45, 2.75) is 135 Å². The van der Waals surface area contributed by atoms with Crippen LogP contribution in [0, 0.1) is 46.8 Å². The number of carbonyl (C=O) groups excluding carboxylic acids is 3. The first-order valence-corrected chi connectivity index (χ1v) is 29.1. The number of thiophene rings is 2. The Kier molecular flexibility index (Phi) is 29.2. The van der Waals surface area contributed by atoms with E-state index in [0.29, 0.717) is 23.9 Å². The van der Waals surface area contributed by atoms with E-state index in [2.05, 4.69) is 100 Å². The average molecular weight is 1100 g/mol. The van der Waals surface area contributed by atoms with Crippen molar-refractivity contribution in [1.29, 1.82) is 5.26 Å². The number of benzene rings is 2. The van der Waals surface area contributed by atoms with E-state index in [-0.39, 0.29) is 141 Å². The number of hydrogen-bond donors (Lipinski definition) is 3. The summed E-state index contributed by atoms with van der Waals surface area (Å²) in [5.74, 6) is 4.43. The monoisotopic (exact) mass is 1100 g/mol. The Morgan fingerprint density at radius 1 is 0.764 bits per heavy atom. The van der Waals surface area contributed by atoms with Crippen LogP contribution in [0.2, 0.25) is 0 Å². The molecule has 2 aromatic carbocycles. The number of rotatable bonds is 12. The van der Waals surface area contributed by atoms with E-state index >= 15 is 0 Å². The van der Waals surface area contributed by atoms with Crippen molar-refractivity contribution in [3.8, 4) is 6.07 Å². The first-order chi connectivity index (χ1) is 33.8. The van der Waals surface area contributed by atoms with Crippen molar-refractivity contribution in [1.82, 2.24) is 20.9 Å². The number of piperidine rings is 2. The van der Waals surface area contributed by atoms with Crippen LogP contribution < -0.4 is 124 Å². The fourth-order valence-corrected chi connectivity index (χ4v) is 13.3. The zero-order valence-electron chi connectivity index (χ0n) is 44.7. The fourth-order valence-electron chi connectivity index (χ4n) is 10.4. The van der Waals surface area contributed by atoms with Crippen LogP contribution in [0.3, 0.4) is 0 Å². The Bertz CT molecular complexity index is 2340. The summed E-state index contributed by atoms with van der Waals surface area (Å²) < 4.78 is 29.3. The van der Waals surface area contributed by atoms with Crippen LogP contribution in [0.4, 0.5) is 0 Å². The topological polar surface area (TPSA) is 190 Å². The van der Waals surface area contributed by atoms with E-state index in [9.17, 15) is 18.0 Å². The minimum atomic E-state index is -3.39. The largest absolute Gasteiger partial charge is 1.00 e. The summed E-state index contributed by atoms with van der Waals surface area (Å²) >= 11 is 3.96. The summed E-state index contributed by atoms with van der Waals surface area (Å²) in [4.78, 5) is 41.6. The number of hydrogen-bond acceptors (Lipinski definition) is 13. The Balaban J connectivity index is 0.000000279. The molecule has 10 rings (SSSR count). The van der Waals surface area contributed by atoms with Crippen molar-refractivity contribution >= 4 is 71.3 Å². The molecule has 1 unspecified atom stereocenters. The molecule has 2 aromatic heterocycles. The Morgan fingerprint density at radius 2 is 1.18 bits per heavy atom. The van der Waals surface area contributed by atoms with Gasteiger partial charge in [-0.1, -0.05) is 50.2 Å². The van der Waals surface area contributed by atoms with Crippen LogP contribution in [0.1, 0.15) is 134 Å². The molecule has 18 heteroatoms. The van der Waals surface area contributed by atoms with E-state index in [1.54, 1.807) is 15.8 Å². The third-order valence-electron chi connectivity index (χ3n) is 14.9. The second-order valence-corrected chi connectivity index (χ2v) is 24.4. The number of carbonyl (C=O) groups is 3. The normalized spacial score (nSPS) is 25.9. The molecule has 4 saturated carbocycles. The van der Waals surface area contributed by atoms with E-state index < -0.39 is 10.1 Å². The molecule has 4 atom stereocenters. The third-order valence-corrected chi connectivity index (χ3v) is 18.0.